The molecular formula is C21H24FN5O3S2. The van der Waals surface area contributed by atoms with Gasteiger partial charge in [-0.2, -0.15) is 0 Å². The van der Waals surface area contributed by atoms with Gasteiger partial charge in [-0.15, -0.1) is 0 Å². The minimum atomic E-state index is -1.14. The van der Waals surface area contributed by atoms with E-state index in [9.17, 15) is 18.2 Å². The predicted octanol–water partition coefficient (Wildman–Crippen LogP) is 1.77. The number of primary amides is 2. The molecule has 0 aliphatic carbocycles. The van der Waals surface area contributed by atoms with Crippen LogP contribution in [0.2, 0.25) is 0 Å². The van der Waals surface area contributed by atoms with E-state index in [2.05, 4.69) is 10.6 Å². The Labute approximate surface area is 192 Å². The first-order valence-electron chi connectivity index (χ1n) is 9.34. The molecule has 0 aliphatic rings. The molecule has 0 bridgehead atoms. The minimum absolute atomic E-state index is 0.0798. The van der Waals surface area contributed by atoms with Crippen LogP contribution >= 0.6 is 12.2 Å². The van der Waals surface area contributed by atoms with Crippen LogP contribution in [-0.2, 0) is 22.0 Å². The quantitative estimate of drug-likeness (QED) is 0.272. The molecule has 0 aliphatic heterocycles. The van der Waals surface area contributed by atoms with Gasteiger partial charge in [-0.25, -0.2) is 4.39 Å². The van der Waals surface area contributed by atoms with Crippen molar-refractivity contribution in [3.8, 4) is 0 Å². The maximum absolute atomic E-state index is 14.7. The van der Waals surface area contributed by atoms with Gasteiger partial charge >= 0.3 is 0 Å². The van der Waals surface area contributed by atoms with E-state index in [1.807, 2.05) is 0 Å². The molecule has 170 valence electrons. The van der Waals surface area contributed by atoms with Crippen LogP contribution in [0.4, 0.5) is 15.8 Å². The third-order valence-corrected chi connectivity index (χ3v) is 5.51. The van der Waals surface area contributed by atoms with Crippen LogP contribution in [0, 0.1) is 5.82 Å². The summed E-state index contributed by atoms with van der Waals surface area (Å²) in [4.78, 5) is 24.6. The van der Waals surface area contributed by atoms with Gasteiger partial charge in [0.2, 0.25) is 5.91 Å². The van der Waals surface area contributed by atoms with E-state index in [0.29, 0.717) is 10.6 Å². The lowest BCUT2D eigenvalue weighted by atomic mass is 10.0. The van der Waals surface area contributed by atoms with Crippen LogP contribution < -0.4 is 27.8 Å². The van der Waals surface area contributed by atoms with Crippen molar-refractivity contribution >= 4 is 51.2 Å². The summed E-state index contributed by atoms with van der Waals surface area (Å²) in [6.07, 6.45) is 3.16. The number of amides is 2. The van der Waals surface area contributed by atoms with E-state index < -0.39 is 34.5 Å². The predicted molar refractivity (Wildman–Crippen MR) is 128 cm³/mol. The number of thiocarbonyl (C=S) groups is 1. The Morgan fingerprint density at radius 3 is 2.28 bits per heavy atom. The number of carbonyl (C=O) groups excluding carboxylic acids is 2. The average molecular weight is 478 g/mol. The summed E-state index contributed by atoms with van der Waals surface area (Å²) >= 11 is 5.15. The SMILES string of the molecule is CC(N)=CC(=S)Nc1cc(N[C@H](Cc2ccc([S@@](C)=O)cc2)C(N)=O)c(F)cc1C(N)=O. The lowest BCUT2D eigenvalue weighted by molar-refractivity contribution is -0.118. The van der Waals surface area contributed by atoms with Crippen LogP contribution in [0.5, 0.6) is 0 Å². The van der Waals surface area contributed by atoms with Gasteiger partial charge in [-0.1, -0.05) is 24.4 Å². The molecule has 0 saturated heterocycles. The fraction of sp³-hybridized carbons (Fsp3) is 0.190. The van der Waals surface area contributed by atoms with Crippen LogP contribution in [-0.4, -0.2) is 33.3 Å². The van der Waals surface area contributed by atoms with Gasteiger partial charge in [-0.05, 0) is 42.8 Å². The summed E-state index contributed by atoms with van der Waals surface area (Å²) in [5.41, 5.74) is 17.5. The Morgan fingerprint density at radius 2 is 1.78 bits per heavy atom. The molecule has 0 aromatic heterocycles. The molecule has 8 N–H and O–H groups in total. The maximum Gasteiger partial charge on any atom is 0.250 e. The topological polar surface area (TPSA) is 153 Å². The second-order valence-electron chi connectivity index (χ2n) is 7.02. The van der Waals surface area contributed by atoms with E-state index in [-0.39, 0.29) is 28.3 Å². The highest BCUT2D eigenvalue weighted by Crippen LogP contribution is 2.26. The van der Waals surface area contributed by atoms with E-state index in [1.54, 1.807) is 37.4 Å². The van der Waals surface area contributed by atoms with Gasteiger partial charge in [0.05, 0.1) is 16.9 Å². The molecule has 0 heterocycles. The molecule has 2 rings (SSSR count). The Morgan fingerprint density at radius 1 is 1.16 bits per heavy atom. The average Bonchev–Trinajstić information content (AvgIpc) is 2.69. The largest absolute Gasteiger partial charge is 0.402 e. The lowest BCUT2D eigenvalue weighted by Gasteiger charge is -2.19. The second-order valence-corrected chi connectivity index (χ2v) is 8.84. The van der Waals surface area contributed by atoms with Gasteiger partial charge in [0.15, 0.2) is 0 Å². The maximum atomic E-state index is 14.7. The standard InChI is InChI=1S/C21H24FN5O3S2/c1-11(23)7-19(31)27-16-10-17(15(22)9-14(16)20(24)28)26-18(21(25)29)8-12-3-5-13(6-4-12)32(2)30/h3-7,9-10,18,26H,8,23H2,1-2H3,(H2,24,28)(H2,25,29)(H,27,31)/t18-,32-/m1/s1. The number of benzene rings is 2. The monoisotopic (exact) mass is 477 g/mol. The highest BCUT2D eigenvalue weighted by Gasteiger charge is 2.20. The molecule has 32 heavy (non-hydrogen) atoms. The van der Waals surface area contributed by atoms with Crippen molar-refractivity contribution < 1.29 is 18.2 Å². The van der Waals surface area contributed by atoms with Crippen LogP contribution in [0.25, 0.3) is 0 Å². The molecule has 11 heteroatoms. The van der Waals surface area contributed by atoms with E-state index in [0.717, 1.165) is 11.6 Å². The molecule has 2 amide bonds. The number of nitrogens with one attached hydrogen (secondary N) is 2. The zero-order chi connectivity index (χ0) is 24.0. The summed E-state index contributed by atoms with van der Waals surface area (Å²) < 4.78 is 26.2. The highest BCUT2D eigenvalue weighted by molar-refractivity contribution is 7.84. The van der Waals surface area contributed by atoms with Crippen molar-refractivity contribution in [3.63, 3.8) is 0 Å². The van der Waals surface area contributed by atoms with Crippen LogP contribution in [0.15, 0.2) is 53.1 Å². The minimum Gasteiger partial charge on any atom is -0.402 e. The van der Waals surface area contributed by atoms with Crippen molar-refractivity contribution in [1.29, 1.82) is 0 Å². The molecule has 0 radical (unpaired) electrons. The number of carbonyl (C=O) groups is 2. The van der Waals surface area contributed by atoms with Gasteiger partial charge < -0.3 is 27.8 Å². The normalized spacial score (nSPS) is 13.2. The van der Waals surface area contributed by atoms with Gasteiger partial charge in [-0.3, -0.25) is 13.8 Å². The second kappa shape index (κ2) is 10.8. The lowest BCUT2D eigenvalue weighted by Crippen LogP contribution is -2.37. The van der Waals surface area contributed by atoms with E-state index in [1.165, 1.54) is 12.1 Å². The molecule has 2 aromatic carbocycles. The van der Waals surface area contributed by atoms with E-state index >= 15 is 0 Å². The fourth-order valence-electron chi connectivity index (χ4n) is 2.83. The summed E-state index contributed by atoms with van der Waals surface area (Å²) in [5.74, 6) is -2.38. The Hall–Kier alpha value is -3.31. The molecule has 0 unspecified atom stereocenters. The number of allylic oxidation sites excluding steroid dienone is 1. The first-order valence-corrected chi connectivity index (χ1v) is 11.3. The molecule has 0 spiro atoms. The summed E-state index contributed by atoms with van der Waals surface area (Å²) in [5, 5.41) is 5.55. The van der Waals surface area contributed by atoms with Crippen molar-refractivity contribution in [1.82, 2.24) is 0 Å². The zero-order valence-electron chi connectivity index (χ0n) is 17.5. The van der Waals surface area contributed by atoms with Crippen molar-refractivity contribution in [3.05, 3.63) is 65.1 Å². The Bertz CT molecular complexity index is 1100. The molecule has 8 nitrogen and oxygen atoms in total. The molecule has 2 atom stereocenters. The molecule has 0 fully saturated rings. The number of nitrogens with two attached hydrogens (primary N) is 3. The number of hydrogen-bond donors (Lipinski definition) is 5. The summed E-state index contributed by atoms with van der Waals surface area (Å²) in [6, 6.07) is 8.05. The molecular weight excluding hydrogens is 453 g/mol. The number of rotatable bonds is 9. The number of hydrogen-bond acceptors (Lipinski definition) is 6. The van der Waals surface area contributed by atoms with Crippen LogP contribution in [0.1, 0.15) is 22.8 Å². The third kappa shape index (κ3) is 6.86. The van der Waals surface area contributed by atoms with E-state index in [4.69, 9.17) is 29.4 Å². The first-order chi connectivity index (χ1) is 15.0. The Balaban J connectivity index is 2.34. The molecule has 2 aromatic rings. The number of halogens is 1. The number of anilines is 2. The van der Waals surface area contributed by atoms with Crippen LogP contribution in [0.3, 0.4) is 0 Å². The van der Waals surface area contributed by atoms with Gasteiger partial charge in [0.25, 0.3) is 5.91 Å². The fourth-order valence-corrected chi connectivity index (χ4v) is 3.65. The Kier molecular flexibility index (Phi) is 8.44. The molecule has 0 saturated carbocycles. The first kappa shape index (κ1) is 25.0. The highest BCUT2D eigenvalue weighted by atomic mass is 32.2. The summed E-state index contributed by atoms with van der Waals surface area (Å²) in [7, 11) is -1.14. The van der Waals surface area contributed by atoms with Gasteiger partial charge in [0.1, 0.15) is 16.8 Å². The van der Waals surface area contributed by atoms with Crippen molar-refractivity contribution in [2.75, 3.05) is 16.9 Å². The van der Waals surface area contributed by atoms with Crippen molar-refractivity contribution in [2.45, 2.75) is 24.3 Å². The smallest absolute Gasteiger partial charge is 0.250 e. The van der Waals surface area contributed by atoms with Crippen molar-refractivity contribution in [2.24, 2.45) is 17.2 Å². The third-order valence-electron chi connectivity index (χ3n) is 4.36. The zero-order valence-corrected chi connectivity index (χ0v) is 19.1. The van der Waals surface area contributed by atoms with Gasteiger partial charge in [0, 0.05) is 34.1 Å². The summed E-state index contributed by atoms with van der Waals surface area (Å²) in [6.45, 7) is 1.63.